The Bertz CT molecular complexity index is 940. The fourth-order valence-electron chi connectivity index (χ4n) is 3.02. The van der Waals surface area contributed by atoms with E-state index in [9.17, 15) is 0 Å². The second-order valence-electron chi connectivity index (χ2n) is 5.64. The number of hydrogen-bond acceptors (Lipinski definition) is 3. The number of benzene rings is 2. The molecule has 0 N–H and O–H groups in total. The molecule has 4 nitrogen and oxygen atoms in total. The van der Waals surface area contributed by atoms with Gasteiger partial charge in [0.1, 0.15) is 12.4 Å². The van der Waals surface area contributed by atoms with Crippen LogP contribution < -0.4 is 0 Å². The third kappa shape index (κ3) is 2.26. The van der Waals surface area contributed by atoms with Gasteiger partial charge >= 0.3 is 0 Å². The van der Waals surface area contributed by atoms with Crippen molar-refractivity contribution in [2.45, 2.75) is 20.4 Å². The lowest BCUT2D eigenvalue weighted by molar-refractivity contribution is 0.861. The van der Waals surface area contributed by atoms with Gasteiger partial charge in [-0.2, -0.15) is 0 Å². The lowest BCUT2D eigenvalue weighted by atomic mass is 9.97. The first-order valence-electron chi connectivity index (χ1n) is 7.47. The second-order valence-corrected chi connectivity index (χ2v) is 6.08. The fraction of sp³-hybridized carbons (Fsp3) is 0.167. The number of nitrogens with zero attached hydrogens (tertiary/aromatic N) is 4. The molecule has 0 amide bonds. The third-order valence-corrected chi connectivity index (χ3v) is 4.36. The maximum Gasteiger partial charge on any atom is 0.159 e. The number of aromatic nitrogens is 3. The largest absolute Gasteiger partial charge is 0.281 e. The standard InChI is InChI=1S/C18H15ClN4/c1-11-5-3-4-6-14(11)18-15-9-13(19)7-8-16(15)23-12(2)21-22-17(23)10-20-18/h3-9H,10H2,1-2H3. The Hall–Kier alpha value is -2.46. The summed E-state index contributed by atoms with van der Waals surface area (Å²) in [6.45, 7) is 4.54. The predicted octanol–water partition coefficient (Wildman–Crippen LogP) is 3.89. The van der Waals surface area contributed by atoms with Crippen molar-refractivity contribution in [3.8, 4) is 5.69 Å². The van der Waals surface area contributed by atoms with E-state index in [1.165, 1.54) is 5.56 Å². The van der Waals surface area contributed by atoms with Crippen LogP contribution in [0.1, 0.15) is 28.3 Å². The van der Waals surface area contributed by atoms with Crippen molar-refractivity contribution in [2.24, 2.45) is 4.99 Å². The summed E-state index contributed by atoms with van der Waals surface area (Å²) in [5.74, 6) is 1.69. The van der Waals surface area contributed by atoms with Crippen LogP contribution in [0.3, 0.4) is 0 Å². The normalized spacial score (nSPS) is 13.1. The van der Waals surface area contributed by atoms with Crippen LogP contribution in [0.25, 0.3) is 5.69 Å². The third-order valence-electron chi connectivity index (χ3n) is 4.13. The molecule has 4 rings (SSSR count). The summed E-state index contributed by atoms with van der Waals surface area (Å²) in [6, 6.07) is 14.1. The average Bonchev–Trinajstić information content (AvgIpc) is 2.82. The first kappa shape index (κ1) is 14.2. The quantitative estimate of drug-likeness (QED) is 0.682. The summed E-state index contributed by atoms with van der Waals surface area (Å²) in [5, 5.41) is 9.14. The Morgan fingerprint density at radius 3 is 2.65 bits per heavy atom. The van der Waals surface area contributed by atoms with Crippen LogP contribution in [-0.2, 0) is 6.54 Å². The van der Waals surface area contributed by atoms with Gasteiger partial charge in [0.25, 0.3) is 0 Å². The monoisotopic (exact) mass is 322 g/mol. The maximum atomic E-state index is 6.27. The van der Waals surface area contributed by atoms with E-state index >= 15 is 0 Å². The molecule has 0 spiro atoms. The number of aryl methyl sites for hydroxylation is 2. The van der Waals surface area contributed by atoms with Crippen LogP contribution in [0.15, 0.2) is 47.5 Å². The lowest BCUT2D eigenvalue weighted by Gasteiger charge is -2.14. The van der Waals surface area contributed by atoms with E-state index in [0.717, 1.165) is 34.2 Å². The van der Waals surface area contributed by atoms with E-state index in [0.29, 0.717) is 11.6 Å². The van der Waals surface area contributed by atoms with Gasteiger partial charge in [0.15, 0.2) is 5.82 Å². The number of fused-ring (bicyclic) bond motifs is 3. The predicted molar refractivity (Wildman–Crippen MR) is 91.6 cm³/mol. The van der Waals surface area contributed by atoms with Crippen LogP contribution in [0.2, 0.25) is 5.02 Å². The van der Waals surface area contributed by atoms with Crippen molar-refractivity contribution in [1.29, 1.82) is 0 Å². The molecule has 0 fully saturated rings. The highest BCUT2D eigenvalue weighted by atomic mass is 35.5. The minimum Gasteiger partial charge on any atom is -0.281 e. The number of hydrogen-bond donors (Lipinski definition) is 0. The van der Waals surface area contributed by atoms with Gasteiger partial charge in [-0.3, -0.25) is 9.56 Å². The number of halogens is 1. The molecule has 0 radical (unpaired) electrons. The zero-order valence-corrected chi connectivity index (χ0v) is 13.7. The molecule has 2 heterocycles. The minimum absolute atomic E-state index is 0.497. The molecule has 1 aromatic heterocycles. The Balaban J connectivity index is 2.03. The smallest absolute Gasteiger partial charge is 0.159 e. The molecule has 0 aliphatic carbocycles. The Morgan fingerprint density at radius 2 is 1.83 bits per heavy atom. The molecular formula is C18H15ClN4. The molecule has 0 saturated heterocycles. The van der Waals surface area contributed by atoms with E-state index < -0.39 is 0 Å². The summed E-state index contributed by atoms with van der Waals surface area (Å²) >= 11 is 6.27. The molecule has 2 aromatic carbocycles. The van der Waals surface area contributed by atoms with Crippen molar-refractivity contribution >= 4 is 17.3 Å². The van der Waals surface area contributed by atoms with Gasteiger partial charge in [-0.1, -0.05) is 35.9 Å². The molecular weight excluding hydrogens is 308 g/mol. The van der Waals surface area contributed by atoms with Gasteiger partial charge < -0.3 is 0 Å². The summed E-state index contributed by atoms with van der Waals surface area (Å²) in [4.78, 5) is 4.83. The van der Waals surface area contributed by atoms with Crippen LogP contribution in [0, 0.1) is 13.8 Å². The number of rotatable bonds is 1. The SMILES string of the molecule is Cc1ccccc1C1=NCc2nnc(C)n2-c2ccc(Cl)cc21. The molecule has 5 heteroatoms. The Kier molecular flexibility index (Phi) is 3.27. The Labute approximate surface area is 139 Å². The van der Waals surface area contributed by atoms with Crippen molar-refractivity contribution in [3.63, 3.8) is 0 Å². The van der Waals surface area contributed by atoms with Crippen LogP contribution in [0.5, 0.6) is 0 Å². The minimum atomic E-state index is 0.497. The number of aliphatic imine (C=N–C) groups is 1. The molecule has 3 aromatic rings. The van der Waals surface area contributed by atoms with Crippen molar-refractivity contribution in [1.82, 2.24) is 14.8 Å². The van der Waals surface area contributed by atoms with E-state index in [1.54, 1.807) is 0 Å². The molecule has 114 valence electrons. The summed E-state index contributed by atoms with van der Waals surface area (Å²) in [5.41, 5.74) is 5.28. The van der Waals surface area contributed by atoms with Crippen LogP contribution in [0.4, 0.5) is 0 Å². The lowest BCUT2D eigenvalue weighted by Crippen LogP contribution is -2.09. The molecule has 23 heavy (non-hydrogen) atoms. The van der Waals surface area contributed by atoms with Crippen molar-refractivity contribution in [2.75, 3.05) is 0 Å². The van der Waals surface area contributed by atoms with Gasteiger partial charge in [-0.15, -0.1) is 10.2 Å². The maximum absolute atomic E-state index is 6.27. The first-order valence-corrected chi connectivity index (χ1v) is 7.84. The topological polar surface area (TPSA) is 43.1 Å². The van der Waals surface area contributed by atoms with Gasteiger partial charge in [-0.05, 0) is 37.6 Å². The van der Waals surface area contributed by atoms with Crippen LogP contribution >= 0.6 is 11.6 Å². The van der Waals surface area contributed by atoms with Crippen LogP contribution in [-0.4, -0.2) is 20.5 Å². The van der Waals surface area contributed by atoms with Gasteiger partial charge in [0, 0.05) is 16.1 Å². The van der Waals surface area contributed by atoms with Gasteiger partial charge in [0.05, 0.1) is 11.4 Å². The average molecular weight is 323 g/mol. The van der Waals surface area contributed by atoms with E-state index in [-0.39, 0.29) is 0 Å². The van der Waals surface area contributed by atoms with Gasteiger partial charge in [0.2, 0.25) is 0 Å². The highest BCUT2D eigenvalue weighted by Gasteiger charge is 2.22. The highest BCUT2D eigenvalue weighted by Crippen LogP contribution is 2.28. The molecule has 1 aliphatic heterocycles. The zero-order chi connectivity index (χ0) is 16.0. The fourth-order valence-corrected chi connectivity index (χ4v) is 3.19. The summed E-state index contributed by atoms with van der Waals surface area (Å²) in [7, 11) is 0. The first-order chi connectivity index (χ1) is 11.1. The Morgan fingerprint density at radius 1 is 1.00 bits per heavy atom. The molecule has 0 saturated carbocycles. The zero-order valence-electron chi connectivity index (χ0n) is 12.9. The second kappa shape index (κ2) is 5.32. The van der Waals surface area contributed by atoms with Crippen molar-refractivity contribution < 1.29 is 0 Å². The highest BCUT2D eigenvalue weighted by molar-refractivity contribution is 6.31. The molecule has 0 unspecified atom stereocenters. The van der Waals surface area contributed by atoms with E-state index in [1.807, 2.05) is 37.3 Å². The van der Waals surface area contributed by atoms with E-state index in [2.05, 4.69) is 33.8 Å². The van der Waals surface area contributed by atoms with E-state index in [4.69, 9.17) is 16.6 Å². The van der Waals surface area contributed by atoms with Crippen molar-refractivity contribution in [3.05, 3.63) is 75.8 Å². The molecule has 1 aliphatic rings. The van der Waals surface area contributed by atoms with Gasteiger partial charge in [-0.25, -0.2) is 0 Å². The molecule has 0 bridgehead atoms. The summed E-state index contributed by atoms with van der Waals surface area (Å²) < 4.78 is 2.06. The molecule has 0 atom stereocenters. The summed E-state index contributed by atoms with van der Waals surface area (Å²) in [6.07, 6.45) is 0.